The van der Waals surface area contributed by atoms with Gasteiger partial charge in [0, 0.05) is 24.2 Å². The van der Waals surface area contributed by atoms with Gasteiger partial charge in [0.25, 0.3) is 0 Å². The van der Waals surface area contributed by atoms with Crippen LogP contribution in [-0.4, -0.2) is 31.1 Å². The lowest BCUT2D eigenvalue weighted by Gasteiger charge is -2.27. The Balaban J connectivity index is 2.19. The van der Waals surface area contributed by atoms with Crippen molar-refractivity contribution in [2.24, 2.45) is 11.7 Å². The number of ether oxygens (including phenoxy) is 1. The molecule has 2 N–H and O–H groups in total. The molecule has 3 unspecified atom stereocenters. The van der Waals surface area contributed by atoms with Gasteiger partial charge >= 0.3 is 0 Å². The van der Waals surface area contributed by atoms with Gasteiger partial charge in [-0.1, -0.05) is 6.07 Å². The number of nitrogens with two attached hydrogens (primary N) is 1. The quantitative estimate of drug-likeness (QED) is 0.910. The number of benzene rings is 1. The largest absolute Gasteiger partial charge is 0.496 e. The van der Waals surface area contributed by atoms with Crippen LogP contribution < -0.4 is 10.5 Å². The summed E-state index contributed by atoms with van der Waals surface area (Å²) >= 11 is 0. The number of methoxy groups -OCH3 is 1. The summed E-state index contributed by atoms with van der Waals surface area (Å²) in [5.74, 6) is 0.924. The van der Waals surface area contributed by atoms with Crippen molar-refractivity contribution in [3.8, 4) is 5.75 Å². The standard InChI is InChI=1S/C15H23FN2O/c1-10(17)12-7-8-18(9-12)11(2)15-13(16)5-4-6-14(15)19-3/h4-6,10-12H,7-9,17H2,1-3H3. The summed E-state index contributed by atoms with van der Waals surface area (Å²) in [6.07, 6.45) is 1.08. The molecule has 1 fully saturated rings. The molecule has 2 rings (SSSR count). The van der Waals surface area contributed by atoms with Crippen LogP contribution in [0.5, 0.6) is 5.75 Å². The van der Waals surface area contributed by atoms with E-state index in [-0.39, 0.29) is 17.9 Å². The first-order valence-corrected chi connectivity index (χ1v) is 6.86. The third kappa shape index (κ3) is 2.90. The predicted octanol–water partition coefficient (Wildman–Crippen LogP) is 2.56. The number of nitrogens with zero attached hydrogens (tertiary/aromatic N) is 1. The molecule has 0 radical (unpaired) electrons. The predicted molar refractivity (Wildman–Crippen MR) is 74.7 cm³/mol. The van der Waals surface area contributed by atoms with Crippen molar-refractivity contribution in [3.05, 3.63) is 29.6 Å². The van der Waals surface area contributed by atoms with Gasteiger partial charge < -0.3 is 10.5 Å². The molecule has 4 heteroatoms. The van der Waals surface area contributed by atoms with Crippen molar-refractivity contribution in [2.45, 2.75) is 32.4 Å². The van der Waals surface area contributed by atoms with Gasteiger partial charge in [0.15, 0.2) is 0 Å². The highest BCUT2D eigenvalue weighted by Crippen LogP contribution is 2.34. The highest BCUT2D eigenvalue weighted by Gasteiger charge is 2.31. The molecular formula is C15H23FN2O. The minimum atomic E-state index is -0.198. The molecule has 0 aliphatic carbocycles. The minimum Gasteiger partial charge on any atom is -0.496 e. The summed E-state index contributed by atoms with van der Waals surface area (Å²) in [6, 6.07) is 5.19. The Morgan fingerprint density at radius 2 is 2.16 bits per heavy atom. The van der Waals surface area contributed by atoms with Crippen molar-refractivity contribution < 1.29 is 9.13 Å². The summed E-state index contributed by atoms with van der Waals surface area (Å²) in [5.41, 5.74) is 6.61. The van der Waals surface area contributed by atoms with Gasteiger partial charge in [-0.25, -0.2) is 4.39 Å². The Morgan fingerprint density at radius 3 is 2.74 bits per heavy atom. The van der Waals surface area contributed by atoms with Crippen molar-refractivity contribution in [3.63, 3.8) is 0 Å². The van der Waals surface area contributed by atoms with Crippen LogP contribution in [0.2, 0.25) is 0 Å². The Morgan fingerprint density at radius 1 is 1.42 bits per heavy atom. The minimum absolute atomic E-state index is 0.0138. The fourth-order valence-electron chi connectivity index (χ4n) is 2.88. The van der Waals surface area contributed by atoms with Crippen molar-refractivity contribution in [1.29, 1.82) is 0 Å². The maximum atomic E-state index is 14.1. The SMILES string of the molecule is COc1cccc(F)c1C(C)N1CCC(C(C)N)C1. The molecule has 0 saturated carbocycles. The highest BCUT2D eigenvalue weighted by molar-refractivity contribution is 5.37. The van der Waals surface area contributed by atoms with Crippen LogP contribution in [0, 0.1) is 11.7 Å². The van der Waals surface area contributed by atoms with Gasteiger partial charge in [-0.15, -0.1) is 0 Å². The lowest BCUT2D eigenvalue weighted by atomic mass is 10.0. The van der Waals surface area contributed by atoms with Crippen molar-refractivity contribution in [1.82, 2.24) is 4.90 Å². The molecule has 0 aromatic heterocycles. The molecule has 0 spiro atoms. The number of hydrogen-bond acceptors (Lipinski definition) is 3. The first-order chi connectivity index (χ1) is 9.04. The van der Waals surface area contributed by atoms with Gasteiger partial charge in [0.2, 0.25) is 0 Å². The summed E-state index contributed by atoms with van der Waals surface area (Å²) in [4.78, 5) is 2.29. The average molecular weight is 266 g/mol. The monoisotopic (exact) mass is 266 g/mol. The Hall–Kier alpha value is -1.13. The molecule has 1 aliphatic rings. The van der Waals surface area contributed by atoms with Gasteiger partial charge in [0.1, 0.15) is 11.6 Å². The molecule has 1 aromatic rings. The molecule has 1 aromatic carbocycles. The van der Waals surface area contributed by atoms with Gasteiger partial charge in [-0.3, -0.25) is 4.90 Å². The Kier molecular flexibility index (Phi) is 4.42. The van der Waals surface area contributed by atoms with E-state index >= 15 is 0 Å². The first-order valence-electron chi connectivity index (χ1n) is 6.86. The van der Waals surface area contributed by atoms with E-state index in [9.17, 15) is 4.39 Å². The maximum Gasteiger partial charge on any atom is 0.131 e. The average Bonchev–Trinajstić information content (AvgIpc) is 2.87. The van der Waals surface area contributed by atoms with Crippen LogP contribution in [0.1, 0.15) is 31.9 Å². The van der Waals surface area contributed by atoms with Crippen LogP contribution in [-0.2, 0) is 0 Å². The summed E-state index contributed by atoms with van der Waals surface area (Å²) in [7, 11) is 1.58. The molecule has 106 valence electrons. The lowest BCUT2D eigenvalue weighted by Crippen LogP contribution is -2.31. The lowest BCUT2D eigenvalue weighted by molar-refractivity contribution is 0.237. The molecule has 3 atom stereocenters. The van der Waals surface area contributed by atoms with E-state index in [1.54, 1.807) is 13.2 Å². The normalized spacial score (nSPS) is 23.3. The van der Waals surface area contributed by atoms with Crippen LogP contribution in [0.15, 0.2) is 18.2 Å². The van der Waals surface area contributed by atoms with Crippen LogP contribution in [0.4, 0.5) is 4.39 Å². The highest BCUT2D eigenvalue weighted by atomic mass is 19.1. The number of rotatable bonds is 4. The second-order valence-corrected chi connectivity index (χ2v) is 5.43. The molecule has 3 nitrogen and oxygen atoms in total. The second kappa shape index (κ2) is 5.88. The second-order valence-electron chi connectivity index (χ2n) is 5.43. The summed E-state index contributed by atoms with van der Waals surface area (Å²) in [5, 5.41) is 0. The van der Waals surface area contributed by atoms with Crippen LogP contribution in [0.25, 0.3) is 0 Å². The summed E-state index contributed by atoms with van der Waals surface area (Å²) < 4.78 is 19.4. The van der Waals surface area contributed by atoms with E-state index in [4.69, 9.17) is 10.5 Å². The van der Waals surface area contributed by atoms with E-state index in [1.807, 2.05) is 19.9 Å². The van der Waals surface area contributed by atoms with Gasteiger partial charge in [-0.2, -0.15) is 0 Å². The zero-order chi connectivity index (χ0) is 14.0. The first kappa shape index (κ1) is 14.3. The molecule has 1 aliphatic heterocycles. The number of hydrogen-bond donors (Lipinski definition) is 1. The van der Waals surface area contributed by atoms with E-state index in [1.165, 1.54) is 6.07 Å². The third-order valence-electron chi connectivity index (χ3n) is 4.20. The Bertz CT molecular complexity index is 436. The van der Waals surface area contributed by atoms with Crippen molar-refractivity contribution >= 4 is 0 Å². The van der Waals surface area contributed by atoms with E-state index < -0.39 is 0 Å². The van der Waals surface area contributed by atoms with E-state index in [2.05, 4.69) is 4.90 Å². The maximum absolute atomic E-state index is 14.1. The molecule has 19 heavy (non-hydrogen) atoms. The number of halogens is 1. The molecule has 0 bridgehead atoms. The van der Waals surface area contributed by atoms with Gasteiger partial charge in [0.05, 0.1) is 7.11 Å². The molecular weight excluding hydrogens is 243 g/mol. The molecule has 1 saturated heterocycles. The smallest absolute Gasteiger partial charge is 0.131 e. The van der Waals surface area contributed by atoms with Gasteiger partial charge in [-0.05, 0) is 44.9 Å². The topological polar surface area (TPSA) is 38.5 Å². The summed E-state index contributed by atoms with van der Waals surface area (Å²) in [6.45, 7) is 5.97. The third-order valence-corrected chi connectivity index (χ3v) is 4.20. The molecule has 0 amide bonds. The molecule has 1 heterocycles. The van der Waals surface area contributed by atoms with Crippen molar-refractivity contribution in [2.75, 3.05) is 20.2 Å². The zero-order valence-electron chi connectivity index (χ0n) is 11.9. The van der Waals surface area contributed by atoms with Crippen LogP contribution in [0.3, 0.4) is 0 Å². The fraction of sp³-hybridized carbons (Fsp3) is 0.600. The Labute approximate surface area is 114 Å². The fourth-order valence-corrected chi connectivity index (χ4v) is 2.88. The van der Waals surface area contributed by atoms with Crippen LogP contribution >= 0.6 is 0 Å². The van der Waals surface area contributed by atoms with E-state index in [0.717, 1.165) is 19.5 Å². The zero-order valence-corrected chi connectivity index (χ0v) is 11.9. The van der Waals surface area contributed by atoms with E-state index in [0.29, 0.717) is 17.2 Å². The number of likely N-dealkylation sites (tertiary alicyclic amines) is 1.